The van der Waals surface area contributed by atoms with E-state index in [1.807, 2.05) is 6.08 Å². The molecule has 2 atom stereocenters. The van der Waals surface area contributed by atoms with Crippen molar-refractivity contribution in [3.05, 3.63) is 36.5 Å². The van der Waals surface area contributed by atoms with Gasteiger partial charge in [0.2, 0.25) is 5.91 Å². The van der Waals surface area contributed by atoms with E-state index >= 15 is 0 Å². The minimum atomic E-state index is -0.848. The number of nitrogens with one attached hydrogen (secondary N) is 1. The second-order valence-electron chi connectivity index (χ2n) is 17.2. The highest BCUT2D eigenvalue weighted by Crippen LogP contribution is 2.15. The molecule has 0 bridgehead atoms. The fourth-order valence-electron chi connectivity index (χ4n) is 7.50. The van der Waals surface area contributed by atoms with Gasteiger partial charge in [-0.3, -0.25) is 9.59 Å². The fourth-order valence-corrected chi connectivity index (χ4v) is 7.50. The molecule has 2 unspecified atom stereocenters. The number of unbranched alkanes of at least 4 members (excludes halogenated alkanes) is 32. The third-order valence-corrected chi connectivity index (χ3v) is 11.4. The maximum absolute atomic E-state index is 12.4. The minimum absolute atomic E-state index is 0.0135. The van der Waals surface area contributed by atoms with Gasteiger partial charge in [0.1, 0.15) is 0 Å². The summed E-state index contributed by atoms with van der Waals surface area (Å²) in [6.45, 7) is 4.82. The van der Waals surface area contributed by atoms with Crippen molar-refractivity contribution in [2.24, 2.45) is 0 Å². The van der Waals surface area contributed by atoms with Gasteiger partial charge in [0.25, 0.3) is 0 Å². The van der Waals surface area contributed by atoms with E-state index in [0.29, 0.717) is 19.4 Å². The summed E-state index contributed by atoms with van der Waals surface area (Å²) in [5.74, 6) is -0.0950. The van der Waals surface area contributed by atoms with Crippen molar-refractivity contribution in [2.45, 2.75) is 270 Å². The molecule has 0 radical (unpaired) electrons. The molecule has 0 aromatic carbocycles. The van der Waals surface area contributed by atoms with Crippen molar-refractivity contribution in [3.63, 3.8) is 0 Å². The number of esters is 1. The predicted molar refractivity (Wildman–Crippen MR) is 250 cm³/mol. The van der Waals surface area contributed by atoms with Crippen molar-refractivity contribution >= 4 is 11.9 Å². The van der Waals surface area contributed by atoms with Crippen molar-refractivity contribution in [3.8, 4) is 0 Å². The van der Waals surface area contributed by atoms with E-state index in [0.717, 1.165) is 77.0 Å². The van der Waals surface area contributed by atoms with Crippen LogP contribution in [0.2, 0.25) is 0 Å². The average molecular weight is 816 g/mol. The summed E-state index contributed by atoms with van der Waals surface area (Å²) in [7, 11) is 0. The third-order valence-electron chi connectivity index (χ3n) is 11.4. The fraction of sp³-hybridized carbons (Fsp3) is 0.846. The molecule has 0 spiro atoms. The lowest BCUT2D eigenvalue weighted by Gasteiger charge is -2.20. The van der Waals surface area contributed by atoms with E-state index < -0.39 is 12.1 Å². The first-order valence-corrected chi connectivity index (χ1v) is 25.3. The van der Waals surface area contributed by atoms with Crippen molar-refractivity contribution in [1.29, 1.82) is 0 Å². The first-order valence-electron chi connectivity index (χ1n) is 25.3. The Kier molecular flexibility index (Phi) is 46.2. The zero-order chi connectivity index (χ0) is 42.3. The number of aliphatic hydroxyl groups excluding tert-OH is 2. The van der Waals surface area contributed by atoms with Gasteiger partial charge in [0.15, 0.2) is 0 Å². The molecule has 1 amide bonds. The van der Waals surface area contributed by atoms with Crippen LogP contribution in [0, 0.1) is 0 Å². The van der Waals surface area contributed by atoms with Crippen molar-refractivity contribution in [1.82, 2.24) is 5.32 Å². The van der Waals surface area contributed by atoms with E-state index in [4.69, 9.17) is 4.74 Å². The lowest BCUT2D eigenvalue weighted by Crippen LogP contribution is -2.45. The summed E-state index contributed by atoms with van der Waals surface area (Å²) < 4.78 is 5.44. The lowest BCUT2D eigenvalue weighted by molar-refractivity contribution is -0.143. The maximum atomic E-state index is 12.4. The maximum Gasteiger partial charge on any atom is 0.305 e. The molecule has 58 heavy (non-hydrogen) atoms. The highest BCUT2D eigenvalue weighted by Gasteiger charge is 2.18. The number of aliphatic hydroxyl groups is 2. The number of allylic oxidation sites excluding steroid dienone is 5. The largest absolute Gasteiger partial charge is 0.466 e. The number of carbonyl (C=O) groups is 2. The number of rotatable bonds is 46. The molecule has 0 aromatic heterocycles. The van der Waals surface area contributed by atoms with Crippen molar-refractivity contribution in [2.75, 3.05) is 13.2 Å². The molecule has 340 valence electrons. The first-order chi connectivity index (χ1) is 28.5. The molecule has 0 aliphatic rings. The number of carbonyl (C=O) groups excluding carboxylic acids is 2. The number of amides is 1. The predicted octanol–water partition coefficient (Wildman–Crippen LogP) is 14.9. The van der Waals surface area contributed by atoms with E-state index in [2.05, 4.69) is 43.5 Å². The standard InChI is InChI=1S/C52H97NO5/c1-3-5-7-9-11-13-14-22-26-30-34-38-42-46-52(57)58-47-43-39-35-31-27-24-21-19-17-15-16-18-20-23-25-29-33-37-41-45-51(56)53-49(48-54)50(55)44-40-36-32-28-12-10-8-6-4-2/h19,21,24,27,40,44,49-50,54-55H,3-18,20,22-23,25-26,28-39,41-43,45-48H2,1-2H3,(H,53,56)/b21-19-,27-24-,44-40+. The minimum Gasteiger partial charge on any atom is -0.466 e. The highest BCUT2D eigenvalue weighted by molar-refractivity contribution is 5.76. The topological polar surface area (TPSA) is 95.9 Å². The number of ether oxygens (including phenoxy) is 1. The second kappa shape index (κ2) is 47.8. The Balaban J connectivity index is 3.48. The second-order valence-corrected chi connectivity index (χ2v) is 17.2. The van der Waals surface area contributed by atoms with Gasteiger partial charge in [-0.05, 0) is 64.2 Å². The van der Waals surface area contributed by atoms with Gasteiger partial charge in [0.05, 0.1) is 25.4 Å². The Hall–Kier alpha value is -1.92. The number of hydrogen-bond donors (Lipinski definition) is 3. The van der Waals surface area contributed by atoms with Gasteiger partial charge in [-0.1, -0.05) is 217 Å². The molecular formula is C52H97NO5. The van der Waals surface area contributed by atoms with E-state index in [-0.39, 0.29) is 18.5 Å². The Morgan fingerprint density at radius 3 is 1.28 bits per heavy atom. The molecule has 0 aliphatic carbocycles. The molecule has 0 saturated carbocycles. The van der Waals surface area contributed by atoms with Crippen LogP contribution in [-0.2, 0) is 14.3 Å². The Labute approximate surface area is 360 Å². The Bertz CT molecular complexity index is 946. The van der Waals surface area contributed by atoms with Gasteiger partial charge >= 0.3 is 5.97 Å². The molecular weight excluding hydrogens is 719 g/mol. The molecule has 0 saturated heterocycles. The summed E-state index contributed by atoms with van der Waals surface area (Å²) in [5.41, 5.74) is 0. The van der Waals surface area contributed by atoms with E-state index in [1.54, 1.807) is 6.08 Å². The quantitative estimate of drug-likeness (QED) is 0.0246. The molecule has 0 rings (SSSR count). The Morgan fingerprint density at radius 2 is 0.845 bits per heavy atom. The van der Waals surface area contributed by atoms with Crippen LogP contribution >= 0.6 is 0 Å². The summed E-state index contributed by atoms with van der Waals surface area (Å²) in [6.07, 6.45) is 57.2. The molecule has 0 aliphatic heterocycles. The first kappa shape index (κ1) is 56.1. The average Bonchev–Trinajstić information content (AvgIpc) is 3.22. The number of hydrogen-bond acceptors (Lipinski definition) is 5. The van der Waals surface area contributed by atoms with Crippen LogP contribution in [0.15, 0.2) is 36.5 Å². The molecule has 3 N–H and O–H groups in total. The third kappa shape index (κ3) is 43.7. The van der Waals surface area contributed by atoms with Crippen LogP contribution in [0.25, 0.3) is 0 Å². The van der Waals surface area contributed by atoms with Crippen molar-refractivity contribution < 1.29 is 24.5 Å². The highest BCUT2D eigenvalue weighted by atomic mass is 16.5. The van der Waals surface area contributed by atoms with Gasteiger partial charge in [-0.2, -0.15) is 0 Å². The summed E-state index contributed by atoms with van der Waals surface area (Å²) >= 11 is 0. The monoisotopic (exact) mass is 816 g/mol. The van der Waals surface area contributed by atoms with Gasteiger partial charge in [-0.15, -0.1) is 0 Å². The van der Waals surface area contributed by atoms with Crippen LogP contribution in [0.1, 0.15) is 258 Å². The Morgan fingerprint density at radius 1 is 0.483 bits per heavy atom. The molecule has 0 aromatic rings. The summed E-state index contributed by atoms with van der Waals surface area (Å²) in [5, 5.41) is 22.9. The van der Waals surface area contributed by atoms with E-state index in [9.17, 15) is 19.8 Å². The summed E-state index contributed by atoms with van der Waals surface area (Å²) in [6, 6.07) is -0.633. The summed E-state index contributed by atoms with van der Waals surface area (Å²) in [4.78, 5) is 24.3. The molecule has 0 heterocycles. The molecule has 6 nitrogen and oxygen atoms in total. The smallest absolute Gasteiger partial charge is 0.305 e. The van der Waals surface area contributed by atoms with Crippen LogP contribution in [0.3, 0.4) is 0 Å². The van der Waals surface area contributed by atoms with Crippen LogP contribution < -0.4 is 5.32 Å². The van der Waals surface area contributed by atoms with Crippen LogP contribution in [0.5, 0.6) is 0 Å². The van der Waals surface area contributed by atoms with Gasteiger partial charge in [-0.25, -0.2) is 0 Å². The zero-order valence-electron chi connectivity index (χ0n) is 38.5. The lowest BCUT2D eigenvalue weighted by atomic mass is 10.0. The van der Waals surface area contributed by atoms with E-state index in [1.165, 1.54) is 154 Å². The zero-order valence-corrected chi connectivity index (χ0v) is 38.5. The molecule has 6 heteroatoms. The normalized spacial score (nSPS) is 13.0. The SMILES string of the molecule is CCCCCCCCC/C=C/C(O)C(CO)NC(=O)CCCCCCCCCCCC/C=C\C=C/CCCCCOC(=O)CCCCCCCCCCCCCCC. The molecule has 0 fully saturated rings. The van der Waals surface area contributed by atoms with Gasteiger partial charge in [0, 0.05) is 12.8 Å². The van der Waals surface area contributed by atoms with Crippen LogP contribution in [-0.4, -0.2) is 47.4 Å². The van der Waals surface area contributed by atoms with Gasteiger partial charge < -0.3 is 20.3 Å². The van der Waals surface area contributed by atoms with Crippen LogP contribution in [0.4, 0.5) is 0 Å².